The average molecular weight is 548 g/mol. The Bertz CT molecular complexity index is 1160. The molecule has 1 N–H and O–H groups in total. The third kappa shape index (κ3) is 8.54. The van der Waals surface area contributed by atoms with Crippen LogP contribution in [0, 0.1) is 5.82 Å². The fourth-order valence-electron chi connectivity index (χ4n) is 3.69. The number of nitrogens with one attached hydrogen (secondary N) is 1. The first-order valence-corrected chi connectivity index (χ1v) is 13.5. The molecule has 8 heteroatoms. The normalized spacial score (nSPS) is 11.8. The molecule has 0 aliphatic heterocycles. The predicted molar refractivity (Wildman–Crippen MR) is 147 cm³/mol. The lowest BCUT2D eigenvalue weighted by atomic mass is 10.0. The van der Waals surface area contributed by atoms with E-state index >= 15 is 0 Å². The molecule has 0 saturated carbocycles. The lowest BCUT2D eigenvalue weighted by Gasteiger charge is -2.32. The number of nitrogens with zero attached hydrogens (tertiary/aromatic N) is 1. The number of rotatable bonds is 11. The Morgan fingerprint density at radius 3 is 2.31 bits per heavy atom. The van der Waals surface area contributed by atoms with Crippen LogP contribution in [0.5, 0.6) is 0 Å². The number of hydrogen-bond donors (Lipinski definition) is 1. The van der Waals surface area contributed by atoms with Gasteiger partial charge in [-0.3, -0.25) is 9.59 Å². The van der Waals surface area contributed by atoms with Gasteiger partial charge in [0.25, 0.3) is 0 Å². The summed E-state index contributed by atoms with van der Waals surface area (Å²) in [6, 6.07) is 20.0. The molecule has 0 radical (unpaired) electrons. The van der Waals surface area contributed by atoms with Gasteiger partial charge in [-0.15, -0.1) is 11.8 Å². The minimum absolute atomic E-state index is 0.0834. The van der Waals surface area contributed by atoms with Crippen molar-refractivity contribution in [1.82, 2.24) is 10.2 Å². The predicted octanol–water partition coefficient (Wildman–Crippen LogP) is 6.53. The highest BCUT2D eigenvalue weighted by atomic mass is 35.5. The molecule has 3 rings (SSSR count). The second-order valence-corrected chi connectivity index (χ2v) is 10.6. The Kier molecular flexibility index (Phi) is 10.7. The molecule has 0 spiro atoms. The summed E-state index contributed by atoms with van der Waals surface area (Å²) in [6.07, 6.45) is 0.361. The quantitative estimate of drug-likeness (QED) is 0.297. The number of hydrogen-bond acceptors (Lipinski definition) is 3. The number of carbonyl (C=O) groups excluding carboxylic acids is 2. The molecule has 3 aromatic rings. The van der Waals surface area contributed by atoms with Crippen molar-refractivity contribution in [2.24, 2.45) is 0 Å². The van der Waals surface area contributed by atoms with E-state index in [0.717, 1.165) is 16.7 Å². The van der Waals surface area contributed by atoms with Crippen molar-refractivity contribution in [2.45, 2.75) is 44.6 Å². The maximum atomic E-state index is 13.6. The fraction of sp³-hybridized carbons (Fsp3) is 0.286. The van der Waals surface area contributed by atoms with E-state index in [1.165, 1.54) is 23.9 Å². The molecule has 1 atom stereocenters. The third-order valence-electron chi connectivity index (χ3n) is 5.47. The van der Waals surface area contributed by atoms with E-state index in [9.17, 15) is 14.0 Å². The van der Waals surface area contributed by atoms with Gasteiger partial charge in [0.05, 0.1) is 5.75 Å². The lowest BCUT2D eigenvalue weighted by Crippen LogP contribution is -2.52. The zero-order chi connectivity index (χ0) is 26.1. The molecule has 0 heterocycles. The Morgan fingerprint density at radius 1 is 0.972 bits per heavy atom. The van der Waals surface area contributed by atoms with Crippen LogP contribution in [-0.4, -0.2) is 34.6 Å². The number of carbonyl (C=O) groups is 2. The summed E-state index contributed by atoms with van der Waals surface area (Å²) in [5.41, 5.74) is 2.56. The molecular formula is C28H29Cl2FN2O2S. The fourth-order valence-corrected chi connectivity index (χ4v) is 5.16. The number of benzene rings is 3. The molecule has 2 amide bonds. The van der Waals surface area contributed by atoms with E-state index in [2.05, 4.69) is 5.32 Å². The Hall–Kier alpha value is -2.54. The maximum absolute atomic E-state index is 13.6. The van der Waals surface area contributed by atoms with Crippen molar-refractivity contribution in [3.05, 3.63) is 105 Å². The van der Waals surface area contributed by atoms with Gasteiger partial charge in [-0.1, -0.05) is 71.7 Å². The summed E-state index contributed by atoms with van der Waals surface area (Å²) < 4.78 is 13.5. The molecule has 36 heavy (non-hydrogen) atoms. The van der Waals surface area contributed by atoms with Gasteiger partial charge in [0.1, 0.15) is 11.9 Å². The highest BCUT2D eigenvalue weighted by Crippen LogP contribution is 2.25. The number of halogens is 3. The third-order valence-corrected chi connectivity index (χ3v) is 7.02. The van der Waals surface area contributed by atoms with E-state index < -0.39 is 6.04 Å². The van der Waals surface area contributed by atoms with Gasteiger partial charge in [-0.2, -0.15) is 0 Å². The van der Waals surface area contributed by atoms with Crippen molar-refractivity contribution in [3.8, 4) is 0 Å². The maximum Gasteiger partial charge on any atom is 0.243 e. The molecule has 190 valence electrons. The van der Waals surface area contributed by atoms with Crippen LogP contribution in [0.4, 0.5) is 4.39 Å². The zero-order valence-corrected chi connectivity index (χ0v) is 22.5. The van der Waals surface area contributed by atoms with E-state index in [0.29, 0.717) is 22.2 Å². The first-order chi connectivity index (χ1) is 17.2. The van der Waals surface area contributed by atoms with Crippen LogP contribution in [0.1, 0.15) is 30.5 Å². The van der Waals surface area contributed by atoms with Gasteiger partial charge in [0.2, 0.25) is 11.8 Å². The second kappa shape index (κ2) is 13.7. The van der Waals surface area contributed by atoms with Crippen LogP contribution < -0.4 is 5.32 Å². The topological polar surface area (TPSA) is 49.4 Å². The Balaban J connectivity index is 1.84. The van der Waals surface area contributed by atoms with Gasteiger partial charge < -0.3 is 10.2 Å². The highest BCUT2D eigenvalue weighted by Gasteiger charge is 2.30. The lowest BCUT2D eigenvalue weighted by molar-refractivity contribution is -0.139. The number of amides is 2. The molecule has 0 bridgehead atoms. The molecule has 1 unspecified atom stereocenters. The van der Waals surface area contributed by atoms with Crippen LogP contribution in [-0.2, 0) is 28.3 Å². The molecule has 4 nitrogen and oxygen atoms in total. The minimum Gasteiger partial charge on any atom is -0.352 e. The first kappa shape index (κ1) is 28.0. The molecule has 0 aliphatic carbocycles. The summed E-state index contributed by atoms with van der Waals surface area (Å²) >= 11 is 13.7. The monoisotopic (exact) mass is 546 g/mol. The Labute approximate surface area is 226 Å². The van der Waals surface area contributed by atoms with Crippen molar-refractivity contribution in [1.29, 1.82) is 0 Å². The first-order valence-electron chi connectivity index (χ1n) is 11.6. The summed E-state index contributed by atoms with van der Waals surface area (Å²) in [4.78, 5) is 28.5. The molecule has 0 aliphatic rings. The van der Waals surface area contributed by atoms with Crippen molar-refractivity contribution in [2.75, 3.05) is 5.75 Å². The van der Waals surface area contributed by atoms with Crippen LogP contribution >= 0.6 is 35.0 Å². The van der Waals surface area contributed by atoms with Gasteiger partial charge in [-0.25, -0.2) is 4.39 Å². The summed E-state index contributed by atoms with van der Waals surface area (Å²) in [5.74, 6) is -0.0941. The van der Waals surface area contributed by atoms with E-state index in [1.807, 2.05) is 50.2 Å². The molecule has 3 aromatic carbocycles. The largest absolute Gasteiger partial charge is 0.352 e. The van der Waals surface area contributed by atoms with E-state index in [1.54, 1.807) is 29.2 Å². The minimum atomic E-state index is -0.730. The summed E-state index contributed by atoms with van der Waals surface area (Å²) in [7, 11) is 0. The summed E-state index contributed by atoms with van der Waals surface area (Å²) in [5, 5.41) is 4.05. The second-order valence-electron chi connectivity index (χ2n) is 8.75. The van der Waals surface area contributed by atoms with Gasteiger partial charge in [-0.05, 0) is 54.8 Å². The average Bonchev–Trinajstić information content (AvgIpc) is 2.84. The summed E-state index contributed by atoms with van der Waals surface area (Å²) in [6.45, 7) is 3.95. The van der Waals surface area contributed by atoms with Crippen molar-refractivity contribution < 1.29 is 14.0 Å². The van der Waals surface area contributed by atoms with Crippen LogP contribution in [0.15, 0.2) is 72.8 Å². The molecule has 0 fully saturated rings. The molecule has 0 aromatic heterocycles. The molecule has 0 saturated heterocycles. The molecular weight excluding hydrogens is 518 g/mol. The standard InChI is InChI=1S/C28H29Cl2FN2O2S/c1-19(2)32-28(35)26(14-20-6-4-3-5-7-20)33(16-21-8-12-24(31)13-9-21)27(34)18-36-17-22-10-11-23(29)15-25(22)30/h3-13,15,19,26H,14,16-18H2,1-2H3,(H,32,35). The van der Waals surface area contributed by atoms with Gasteiger partial charge in [0.15, 0.2) is 0 Å². The van der Waals surface area contributed by atoms with E-state index in [4.69, 9.17) is 23.2 Å². The van der Waals surface area contributed by atoms with Crippen LogP contribution in [0.2, 0.25) is 10.0 Å². The number of thioether (sulfide) groups is 1. The van der Waals surface area contributed by atoms with Crippen LogP contribution in [0.3, 0.4) is 0 Å². The highest BCUT2D eigenvalue weighted by molar-refractivity contribution is 7.99. The van der Waals surface area contributed by atoms with Crippen LogP contribution in [0.25, 0.3) is 0 Å². The van der Waals surface area contributed by atoms with E-state index in [-0.39, 0.29) is 36.0 Å². The zero-order valence-electron chi connectivity index (χ0n) is 20.2. The van der Waals surface area contributed by atoms with Crippen molar-refractivity contribution in [3.63, 3.8) is 0 Å². The van der Waals surface area contributed by atoms with Gasteiger partial charge in [0, 0.05) is 34.8 Å². The van der Waals surface area contributed by atoms with Crippen molar-refractivity contribution >= 4 is 46.8 Å². The SMILES string of the molecule is CC(C)NC(=O)C(Cc1ccccc1)N(Cc1ccc(F)cc1)C(=O)CSCc1ccc(Cl)cc1Cl. The smallest absolute Gasteiger partial charge is 0.243 e. The van der Waals surface area contributed by atoms with Gasteiger partial charge >= 0.3 is 0 Å². The Morgan fingerprint density at radius 2 is 1.67 bits per heavy atom.